The van der Waals surface area contributed by atoms with Gasteiger partial charge in [-0.2, -0.15) is 0 Å². The van der Waals surface area contributed by atoms with Crippen LogP contribution in [0.25, 0.3) is 0 Å². The molecule has 22 heavy (non-hydrogen) atoms. The van der Waals surface area contributed by atoms with Crippen LogP contribution in [0.5, 0.6) is 0 Å². The van der Waals surface area contributed by atoms with Crippen LogP contribution in [0, 0.1) is 0 Å². The van der Waals surface area contributed by atoms with Gasteiger partial charge in [-0.1, -0.05) is 25.4 Å². The molecule has 0 unspecified atom stereocenters. The standard InChI is InChI=1S/C16H26ClN3O2/c1-11(2)12-10-18-14(13(12)17)19-6-8-20(9-7-19)15(21)22-16(3,4)5/h10-11,18H,6-9H2,1-5H3. The topological polar surface area (TPSA) is 48.6 Å². The maximum Gasteiger partial charge on any atom is 0.410 e. The Morgan fingerprint density at radius 3 is 2.32 bits per heavy atom. The van der Waals surface area contributed by atoms with Crippen molar-refractivity contribution in [2.75, 3.05) is 31.1 Å². The number of nitrogens with zero attached hydrogens (tertiary/aromatic N) is 2. The van der Waals surface area contributed by atoms with Gasteiger partial charge in [0.25, 0.3) is 0 Å². The van der Waals surface area contributed by atoms with E-state index in [1.54, 1.807) is 4.90 Å². The number of piperazine rings is 1. The van der Waals surface area contributed by atoms with Gasteiger partial charge >= 0.3 is 6.09 Å². The molecular weight excluding hydrogens is 302 g/mol. The Hall–Kier alpha value is -1.36. The monoisotopic (exact) mass is 327 g/mol. The summed E-state index contributed by atoms with van der Waals surface area (Å²) < 4.78 is 5.41. The van der Waals surface area contributed by atoms with Crippen molar-refractivity contribution in [2.45, 2.75) is 46.1 Å². The maximum absolute atomic E-state index is 12.1. The van der Waals surface area contributed by atoms with Gasteiger partial charge in [-0.05, 0) is 32.3 Å². The summed E-state index contributed by atoms with van der Waals surface area (Å²) in [7, 11) is 0. The smallest absolute Gasteiger partial charge is 0.410 e. The molecule has 0 radical (unpaired) electrons. The number of carbonyl (C=O) groups is 1. The van der Waals surface area contributed by atoms with Gasteiger partial charge in [0.15, 0.2) is 0 Å². The molecule has 0 spiro atoms. The van der Waals surface area contributed by atoms with E-state index in [1.807, 2.05) is 27.0 Å². The molecule has 1 saturated heterocycles. The summed E-state index contributed by atoms with van der Waals surface area (Å²) in [6, 6.07) is 0. The quantitative estimate of drug-likeness (QED) is 0.897. The molecule has 6 heteroatoms. The van der Waals surface area contributed by atoms with Gasteiger partial charge in [-0.15, -0.1) is 0 Å². The Bertz CT molecular complexity index is 526. The fourth-order valence-electron chi connectivity index (χ4n) is 2.50. The molecule has 1 aliphatic heterocycles. The van der Waals surface area contributed by atoms with Crippen LogP contribution >= 0.6 is 11.6 Å². The number of nitrogens with one attached hydrogen (secondary N) is 1. The third-order valence-electron chi connectivity index (χ3n) is 3.70. The second-order valence-electron chi connectivity index (χ2n) is 7.02. The lowest BCUT2D eigenvalue weighted by atomic mass is 10.1. The summed E-state index contributed by atoms with van der Waals surface area (Å²) >= 11 is 6.46. The number of hydrogen-bond donors (Lipinski definition) is 1. The van der Waals surface area contributed by atoms with E-state index in [0.29, 0.717) is 19.0 Å². The number of H-pyrrole nitrogens is 1. The molecule has 2 rings (SSSR count). The minimum Gasteiger partial charge on any atom is -0.444 e. The number of hydrogen-bond acceptors (Lipinski definition) is 3. The first-order chi connectivity index (χ1) is 10.2. The highest BCUT2D eigenvalue weighted by molar-refractivity contribution is 6.34. The first-order valence-electron chi connectivity index (χ1n) is 7.78. The van der Waals surface area contributed by atoms with E-state index < -0.39 is 5.60 Å². The number of rotatable bonds is 2. The summed E-state index contributed by atoms with van der Waals surface area (Å²) in [5.74, 6) is 1.34. The number of amides is 1. The molecule has 1 aromatic heterocycles. The lowest BCUT2D eigenvalue weighted by molar-refractivity contribution is 0.0240. The van der Waals surface area contributed by atoms with E-state index in [9.17, 15) is 4.79 Å². The van der Waals surface area contributed by atoms with Gasteiger partial charge in [-0.25, -0.2) is 4.79 Å². The Kier molecular flexibility index (Phi) is 4.95. The molecule has 0 aliphatic carbocycles. The molecule has 1 fully saturated rings. The van der Waals surface area contributed by atoms with Gasteiger partial charge in [0.2, 0.25) is 0 Å². The molecule has 1 aliphatic rings. The molecule has 5 nitrogen and oxygen atoms in total. The third kappa shape index (κ3) is 3.88. The molecule has 124 valence electrons. The van der Waals surface area contributed by atoms with Crippen molar-refractivity contribution in [2.24, 2.45) is 0 Å². The zero-order chi connectivity index (χ0) is 16.5. The number of aromatic nitrogens is 1. The van der Waals surface area contributed by atoms with E-state index in [2.05, 4.69) is 23.7 Å². The van der Waals surface area contributed by atoms with Crippen LogP contribution in [0.2, 0.25) is 5.02 Å². The third-order valence-corrected chi connectivity index (χ3v) is 4.09. The van der Waals surface area contributed by atoms with Crippen molar-refractivity contribution < 1.29 is 9.53 Å². The van der Waals surface area contributed by atoms with Gasteiger partial charge in [-0.3, -0.25) is 0 Å². The fraction of sp³-hybridized carbons (Fsp3) is 0.688. The van der Waals surface area contributed by atoms with E-state index in [1.165, 1.54) is 0 Å². The molecule has 1 aromatic rings. The van der Waals surface area contributed by atoms with E-state index in [0.717, 1.165) is 29.5 Å². The summed E-state index contributed by atoms with van der Waals surface area (Å²) in [5.41, 5.74) is 0.676. The minimum absolute atomic E-state index is 0.243. The van der Waals surface area contributed by atoms with Crippen LogP contribution in [0.3, 0.4) is 0 Å². The number of carbonyl (C=O) groups excluding carboxylic acids is 1. The predicted octanol–water partition coefficient (Wildman–Crippen LogP) is 3.85. The van der Waals surface area contributed by atoms with E-state index in [4.69, 9.17) is 16.3 Å². The van der Waals surface area contributed by atoms with Crippen molar-refractivity contribution in [1.29, 1.82) is 0 Å². The lowest BCUT2D eigenvalue weighted by Crippen LogP contribution is -2.50. The van der Waals surface area contributed by atoms with Crippen LogP contribution in [0.4, 0.5) is 10.6 Å². The SMILES string of the molecule is CC(C)c1c[nH]c(N2CCN(C(=O)OC(C)(C)C)CC2)c1Cl. The molecule has 0 aromatic carbocycles. The summed E-state index contributed by atoms with van der Waals surface area (Å²) in [6.45, 7) is 12.7. The minimum atomic E-state index is -0.455. The summed E-state index contributed by atoms with van der Waals surface area (Å²) in [4.78, 5) is 19.3. The number of aromatic amines is 1. The molecule has 2 heterocycles. The molecule has 0 atom stereocenters. The average Bonchev–Trinajstić information content (AvgIpc) is 2.79. The van der Waals surface area contributed by atoms with Crippen LogP contribution in [-0.4, -0.2) is 47.8 Å². The molecule has 1 amide bonds. The highest BCUT2D eigenvalue weighted by Gasteiger charge is 2.27. The fourth-order valence-corrected chi connectivity index (χ4v) is 2.95. The van der Waals surface area contributed by atoms with Crippen LogP contribution in [-0.2, 0) is 4.74 Å². The van der Waals surface area contributed by atoms with Crippen molar-refractivity contribution in [3.05, 3.63) is 16.8 Å². The first-order valence-corrected chi connectivity index (χ1v) is 8.16. The number of halogens is 1. The molecule has 0 saturated carbocycles. The summed E-state index contributed by atoms with van der Waals surface area (Å²) in [6.07, 6.45) is 1.73. The summed E-state index contributed by atoms with van der Waals surface area (Å²) in [5, 5.41) is 0.792. The van der Waals surface area contributed by atoms with Gasteiger partial charge < -0.3 is 19.5 Å². The second kappa shape index (κ2) is 6.41. The zero-order valence-corrected chi connectivity index (χ0v) is 14.8. The first kappa shape index (κ1) is 17.0. The normalized spacial score (nSPS) is 16.3. The van der Waals surface area contributed by atoms with Gasteiger partial charge in [0.05, 0.1) is 5.02 Å². The highest BCUT2D eigenvalue weighted by atomic mass is 35.5. The van der Waals surface area contributed by atoms with E-state index >= 15 is 0 Å². The Labute approximate surface area is 137 Å². The number of anilines is 1. The maximum atomic E-state index is 12.1. The largest absolute Gasteiger partial charge is 0.444 e. The molecular formula is C16H26ClN3O2. The van der Waals surface area contributed by atoms with Gasteiger partial charge in [0, 0.05) is 32.4 Å². The van der Waals surface area contributed by atoms with Crippen molar-refractivity contribution >= 4 is 23.5 Å². The molecule has 0 bridgehead atoms. The van der Waals surface area contributed by atoms with Crippen LogP contribution in [0.15, 0.2) is 6.20 Å². The zero-order valence-electron chi connectivity index (χ0n) is 14.1. The van der Waals surface area contributed by atoms with Crippen molar-refractivity contribution in [3.8, 4) is 0 Å². The second-order valence-corrected chi connectivity index (χ2v) is 7.39. The van der Waals surface area contributed by atoms with Crippen LogP contribution in [0.1, 0.15) is 46.1 Å². The lowest BCUT2D eigenvalue weighted by Gasteiger charge is -2.36. The van der Waals surface area contributed by atoms with Crippen molar-refractivity contribution in [3.63, 3.8) is 0 Å². The van der Waals surface area contributed by atoms with Crippen LogP contribution < -0.4 is 4.90 Å². The van der Waals surface area contributed by atoms with Gasteiger partial charge in [0.1, 0.15) is 11.4 Å². The highest BCUT2D eigenvalue weighted by Crippen LogP contribution is 2.33. The Morgan fingerprint density at radius 2 is 1.86 bits per heavy atom. The number of ether oxygens (including phenoxy) is 1. The van der Waals surface area contributed by atoms with E-state index in [-0.39, 0.29) is 6.09 Å². The average molecular weight is 328 g/mol. The predicted molar refractivity (Wildman–Crippen MR) is 89.9 cm³/mol. The molecule has 1 N–H and O–H groups in total. The Balaban J connectivity index is 1.96. The van der Waals surface area contributed by atoms with Crippen molar-refractivity contribution in [1.82, 2.24) is 9.88 Å². The Morgan fingerprint density at radius 1 is 1.27 bits per heavy atom.